The Balaban J connectivity index is 1.98. The maximum absolute atomic E-state index is 13.3. The largest absolute Gasteiger partial charge is 0.465 e. The predicted molar refractivity (Wildman–Crippen MR) is 106 cm³/mol. The lowest BCUT2D eigenvalue weighted by molar-refractivity contribution is 0.210. The van der Waals surface area contributed by atoms with Crippen molar-refractivity contribution >= 4 is 38.7 Å². The Morgan fingerprint density at radius 3 is 2.48 bits per heavy atom. The zero-order valence-corrected chi connectivity index (χ0v) is 15.4. The van der Waals surface area contributed by atoms with E-state index in [-0.39, 0.29) is 5.69 Å². The van der Waals surface area contributed by atoms with Gasteiger partial charge in [-0.15, -0.1) is 0 Å². The molecule has 0 bridgehead atoms. The molecule has 1 amide bonds. The van der Waals surface area contributed by atoms with Gasteiger partial charge < -0.3 is 5.11 Å². The van der Waals surface area contributed by atoms with Crippen LogP contribution in [0.5, 0.6) is 0 Å². The molecule has 0 spiro atoms. The normalized spacial score (nSPS) is 10.9. The highest BCUT2D eigenvalue weighted by molar-refractivity contribution is 9.10. The third kappa shape index (κ3) is 3.11. The molecule has 0 aliphatic heterocycles. The number of nitrogens with zero attached hydrogens (tertiary/aromatic N) is 3. The highest BCUT2D eigenvalue weighted by Crippen LogP contribution is 2.22. The fourth-order valence-electron chi connectivity index (χ4n) is 2.98. The molecule has 2 heterocycles. The highest BCUT2D eigenvalue weighted by Gasteiger charge is 2.16. The van der Waals surface area contributed by atoms with E-state index in [1.807, 2.05) is 24.3 Å². The number of imidazole rings is 1. The van der Waals surface area contributed by atoms with Gasteiger partial charge in [-0.25, -0.2) is 9.59 Å². The molecule has 2 aromatic carbocycles. The molecule has 2 aromatic heterocycles. The van der Waals surface area contributed by atoms with Crippen molar-refractivity contribution < 1.29 is 9.90 Å². The quantitative estimate of drug-likeness (QED) is 0.519. The van der Waals surface area contributed by atoms with E-state index in [9.17, 15) is 9.59 Å². The number of carboxylic acid groups (broad SMARTS) is 1. The summed E-state index contributed by atoms with van der Waals surface area (Å²) in [7, 11) is 0. The number of hydrogen-bond acceptors (Lipinski definition) is 3. The van der Waals surface area contributed by atoms with Crippen molar-refractivity contribution in [2.45, 2.75) is 0 Å². The van der Waals surface area contributed by atoms with Gasteiger partial charge in [0.05, 0.1) is 28.6 Å². The van der Waals surface area contributed by atoms with Crippen molar-refractivity contribution in [3.8, 4) is 11.4 Å². The Hall–Kier alpha value is -3.39. The Morgan fingerprint density at radius 2 is 1.74 bits per heavy atom. The third-order valence-corrected chi connectivity index (χ3v) is 4.61. The molecule has 8 heteroatoms. The SMILES string of the molecule is O=C(O)Nc1cccc(-n2c(=O)n(-c3ccc(Br)cc3)c3cnccc32)c1. The maximum Gasteiger partial charge on any atom is 0.409 e. The lowest BCUT2D eigenvalue weighted by Crippen LogP contribution is -2.22. The van der Waals surface area contributed by atoms with E-state index in [0.717, 1.165) is 4.47 Å². The summed E-state index contributed by atoms with van der Waals surface area (Å²) in [6.07, 6.45) is 2.08. The molecule has 27 heavy (non-hydrogen) atoms. The van der Waals surface area contributed by atoms with E-state index >= 15 is 0 Å². The number of anilines is 1. The second kappa shape index (κ2) is 6.73. The molecule has 0 saturated carbocycles. The van der Waals surface area contributed by atoms with E-state index in [2.05, 4.69) is 26.2 Å². The number of hydrogen-bond donors (Lipinski definition) is 2. The van der Waals surface area contributed by atoms with Crippen LogP contribution in [0.2, 0.25) is 0 Å². The summed E-state index contributed by atoms with van der Waals surface area (Å²) in [5, 5.41) is 11.2. The first-order valence-corrected chi connectivity index (χ1v) is 8.78. The summed E-state index contributed by atoms with van der Waals surface area (Å²) in [6.45, 7) is 0. The molecule has 0 aliphatic carbocycles. The lowest BCUT2D eigenvalue weighted by Gasteiger charge is -2.06. The van der Waals surface area contributed by atoms with Crippen molar-refractivity contribution in [2.75, 3.05) is 5.32 Å². The maximum atomic E-state index is 13.3. The van der Waals surface area contributed by atoms with Crippen molar-refractivity contribution in [3.63, 3.8) is 0 Å². The first kappa shape index (κ1) is 17.0. The Morgan fingerprint density at radius 1 is 1.00 bits per heavy atom. The number of rotatable bonds is 3. The zero-order chi connectivity index (χ0) is 19.0. The second-order valence-electron chi connectivity index (χ2n) is 5.77. The number of pyridine rings is 1. The number of aromatic nitrogens is 3. The predicted octanol–water partition coefficient (Wildman–Crippen LogP) is 4.03. The van der Waals surface area contributed by atoms with Crippen LogP contribution in [-0.2, 0) is 0 Å². The smallest absolute Gasteiger partial charge is 0.409 e. The van der Waals surface area contributed by atoms with E-state index in [1.165, 1.54) is 4.57 Å². The van der Waals surface area contributed by atoms with Gasteiger partial charge in [-0.1, -0.05) is 22.0 Å². The van der Waals surface area contributed by atoms with Gasteiger partial charge in [-0.05, 0) is 48.5 Å². The number of amides is 1. The molecule has 0 fully saturated rings. The number of nitrogens with one attached hydrogen (secondary N) is 1. The van der Waals surface area contributed by atoms with Crippen molar-refractivity contribution in [3.05, 3.63) is 81.9 Å². The first-order valence-electron chi connectivity index (χ1n) is 7.98. The minimum absolute atomic E-state index is 0.271. The van der Waals surface area contributed by atoms with E-state index < -0.39 is 6.09 Å². The fourth-order valence-corrected chi connectivity index (χ4v) is 3.25. The summed E-state index contributed by atoms with van der Waals surface area (Å²) >= 11 is 3.40. The van der Waals surface area contributed by atoms with Crippen LogP contribution in [0.4, 0.5) is 10.5 Å². The molecule has 7 nitrogen and oxygen atoms in total. The van der Waals surface area contributed by atoms with Crippen LogP contribution in [0, 0.1) is 0 Å². The molecule has 4 aromatic rings. The van der Waals surface area contributed by atoms with Crippen LogP contribution < -0.4 is 11.0 Å². The molecule has 0 atom stereocenters. The van der Waals surface area contributed by atoms with E-state index in [4.69, 9.17) is 5.11 Å². The van der Waals surface area contributed by atoms with Gasteiger partial charge in [0, 0.05) is 16.4 Å². The van der Waals surface area contributed by atoms with Crippen LogP contribution >= 0.6 is 15.9 Å². The summed E-state index contributed by atoms with van der Waals surface area (Å²) in [6, 6.07) is 15.8. The third-order valence-electron chi connectivity index (χ3n) is 4.08. The van der Waals surface area contributed by atoms with Crippen molar-refractivity contribution in [2.24, 2.45) is 0 Å². The van der Waals surface area contributed by atoms with Gasteiger partial charge in [-0.2, -0.15) is 0 Å². The van der Waals surface area contributed by atoms with Crippen LogP contribution in [0.1, 0.15) is 0 Å². The lowest BCUT2D eigenvalue weighted by atomic mass is 10.2. The number of fused-ring (bicyclic) bond motifs is 1. The van der Waals surface area contributed by atoms with Crippen molar-refractivity contribution in [1.29, 1.82) is 0 Å². The van der Waals surface area contributed by atoms with Gasteiger partial charge in [0.2, 0.25) is 0 Å². The zero-order valence-electron chi connectivity index (χ0n) is 13.8. The summed E-state index contributed by atoms with van der Waals surface area (Å²) in [4.78, 5) is 28.3. The van der Waals surface area contributed by atoms with Crippen molar-refractivity contribution in [1.82, 2.24) is 14.1 Å². The molecule has 2 N–H and O–H groups in total. The molecule has 0 unspecified atom stereocenters. The van der Waals surface area contributed by atoms with Gasteiger partial charge in [0.25, 0.3) is 0 Å². The Labute approximate surface area is 161 Å². The average Bonchev–Trinajstić information content (AvgIpc) is 2.94. The number of benzene rings is 2. The van der Waals surface area contributed by atoms with Gasteiger partial charge in [-0.3, -0.25) is 19.4 Å². The van der Waals surface area contributed by atoms with Crippen LogP contribution in [-0.4, -0.2) is 25.3 Å². The molecule has 4 rings (SSSR count). The minimum atomic E-state index is -1.17. The van der Waals surface area contributed by atoms with Crippen LogP contribution in [0.15, 0.2) is 76.3 Å². The monoisotopic (exact) mass is 424 g/mol. The number of carbonyl (C=O) groups is 1. The second-order valence-corrected chi connectivity index (χ2v) is 6.69. The molecule has 0 aliphatic rings. The topological polar surface area (TPSA) is 89.1 Å². The van der Waals surface area contributed by atoms with E-state index in [1.54, 1.807) is 47.3 Å². The fraction of sp³-hybridized carbons (Fsp3) is 0. The molecular weight excluding hydrogens is 412 g/mol. The van der Waals surface area contributed by atoms with Crippen LogP contribution in [0.3, 0.4) is 0 Å². The summed E-state index contributed by atoms with van der Waals surface area (Å²) < 4.78 is 4.02. The molecule has 134 valence electrons. The molecule has 0 saturated heterocycles. The van der Waals surface area contributed by atoms with Gasteiger partial charge >= 0.3 is 11.8 Å². The van der Waals surface area contributed by atoms with Crippen LogP contribution in [0.25, 0.3) is 22.4 Å². The number of halogens is 1. The summed E-state index contributed by atoms with van der Waals surface area (Å²) in [5.41, 5.74) is 2.70. The Bertz CT molecular complexity index is 1210. The molecule has 0 radical (unpaired) electrons. The average molecular weight is 425 g/mol. The summed E-state index contributed by atoms with van der Waals surface area (Å²) in [5.74, 6) is 0. The standard InChI is InChI=1S/C19H13BrN4O3/c20-12-4-6-14(7-5-12)23-17-11-21-9-8-16(17)24(19(23)27)15-3-1-2-13(10-15)22-18(25)26/h1-11,22H,(H,25,26). The Kier molecular flexibility index (Phi) is 4.25. The first-order chi connectivity index (χ1) is 13.0. The highest BCUT2D eigenvalue weighted by atomic mass is 79.9. The van der Waals surface area contributed by atoms with Gasteiger partial charge in [0.1, 0.15) is 0 Å². The van der Waals surface area contributed by atoms with Gasteiger partial charge in [0.15, 0.2) is 0 Å². The minimum Gasteiger partial charge on any atom is -0.465 e. The molecular formula is C19H13BrN4O3. The van der Waals surface area contributed by atoms with E-state index in [0.29, 0.717) is 28.1 Å².